The molecule has 1 heterocycles. The Morgan fingerprint density at radius 1 is 1.53 bits per heavy atom. The van der Waals surface area contributed by atoms with Crippen LogP contribution >= 0.6 is 0 Å². The first-order chi connectivity index (χ1) is 8.03. The van der Waals surface area contributed by atoms with Crippen LogP contribution in [0.25, 0.3) is 0 Å². The summed E-state index contributed by atoms with van der Waals surface area (Å²) in [5, 5.41) is 3.30. The second kappa shape index (κ2) is 6.36. The molecule has 2 unspecified atom stereocenters. The molecule has 0 aromatic heterocycles. The number of primary amides is 1. The quantitative estimate of drug-likeness (QED) is 0.702. The lowest BCUT2D eigenvalue weighted by atomic mass is 9.99. The standard InChI is InChI=1S/C13H27N3O/c1-4-8-15-13(3,12(14)17)10-16-9-6-7-11(16)5-2/h11,15H,4-10H2,1-3H3,(H2,14,17). The van der Waals surface area contributed by atoms with Gasteiger partial charge in [0, 0.05) is 12.6 Å². The predicted molar refractivity (Wildman–Crippen MR) is 70.8 cm³/mol. The van der Waals surface area contributed by atoms with E-state index in [-0.39, 0.29) is 5.91 Å². The maximum absolute atomic E-state index is 11.6. The lowest BCUT2D eigenvalue weighted by molar-refractivity contribution is -0.124. The third-order valence-corrected chi connectivity index (χ3v) is 3.80. The summed E-state index contributed by atoms with van der Waals surface area (Å²) >= 11 is 0. The van der Waals surface area contributed by atoms with E-state index in [9.17, 15) is 4.79 Å². The molecule has 1 fully saturated rings. The van der Waals surface area contributed by atoms with Gasteiger partial charge in [-0.1, -0.05) is 13.8 Å². The average molecular weight is 241 g/mol. The van der Waals surface area contributed by atoms with Crippen molar-refractivity contribution in [3.8, 4) is 0 Å². The summed E-state index contributed by atoms with van der Waals surface area (Å²) in [6.45, 7) is 8.90. The molecule has 1 amide bonds. The van der Waals surface area contributed by atoms with Crippen molar-refractivity contribution in [2.75, 3.05) is 19.6 Å². The van der Waals surface area contributed by atoms with Gasteiger partial charge in [0.1, 0.15) is 5.54 Å². The molecule has 17 heavy (non-hydrogen) atoms. The summed E-state index contributed by atoms with van der Waals surface area (Å²) in [4.78, 5) is 14.1. The zero-order valence-electron chi connectivity index (χ0n) is 11.5. The lowest BCUT2D eigenvalue weighted by Crippen LogP contribution is -2.60. The highest BCUT2D eigenvalue weighted by atomic mass is 16.1. The molecular formula is C13H27N3O. The van der Waals surface area contributed by atoms with E-state index in [1.165, 1.54) is 12.8 Å². The highest BCUT2D eigenvalue weighted by Gasteiger charge is 2.35. The number of carbonyl (C=O) groups excluding carboxylic acids is 1. The molecule has 0 aromatic rings. The van der Waals surface area contributed by atoms with Crippen molar-refractivity contribution in [3.05, 3.63) is 0 Å². The normalized spacial score (nSPS) is 24.8. The van der Waals surface area contributed by atoms with Gasteiger partial charge < -0.3 is 11.1 Å². The van der Waals surface area contributed by atoms with Gasteiger partial charge in [-0.25, -0.2) is 0 Å². The van der Waals surface area contributed by atoms with Gasteiger partial charge in [-0.15, -0.1) is 0 Å². The van der Waals surface area contributed by atoms with Crippen LogP contribution in [-0.4, -0.2) is 42.0 Å². The fourth-order valence-corrected chi connectivity index (χ4v) is 2.59. The van der Waals surface area contributed by atoms with Crippen LogP contribution < -0.4 is 11.1 Å². The second-order valence-corrected chi connectivity index (χ2v) is 5.30. The molecular weight excluding hydrogens is 214 g/mol. The van der Waals surface area contributed by atoms with Gasteiger partial charge in [0.05, 0.1) is 0 Å². The van der Waals surface area contributed by atoms with Crippen molar-refractivity contribution in [2.24, 2.45) is 5.73 Å². The average Bonchev–Trinajstić information content (AvgIpc) is 2.73. The van der Waals surface area contributed by atoms with Crippen molar-refractivity contribution >= 4 is 5.91 Å². The van der Waals surface area contributed by atoms with E-state index >= 15 is 0 Å². The van der Waals surface area contributed by atoms with Gasteiger partial charge in [0.15, 0.2) is 0 Å². The maximum Gasteiger partial charge on any atom is 0.238 e. The summed E-state index contributed by atoms with van der Waals surface area (Å²) in [7, 11) is 0. The molecule has 0 radical (unpaired) electrons. The molecule has 0 aliphatic carbocycles. The highest BCUT2D eigenvalue weighted by Crippen LogP contribution is 2.22. The second-order valence-electron chi connectivity index (χ2n) is 5.30. The predicted octanol–water partition coefficient (Wildman–Crippen LogP) is 1.10. The molecule has 1 saturated heterocycles. The van der Waals surface area contributed by atoms with Gasteiger partial charge >= 0.3 is 0 Å². The van der Waals surface area contributed by atoms with Crippen LogP contribution in [-0.2, 0) is 4.79 Å². The molecule has 1 aliphatic heterocycles. The first-order valence-corrected chi connectivity index (χ1v) is 6.82. The molecule has 4 heteroatoms. The Labute approximate surface area is 105 Å². The number of nitrogens with one attached hydrogen (secondary N) is 1. The molecule has 1 rings (SSSR count). The first-order valence-electron chi connectivity index (χ1n) is 6.82. The number of hydrogen-bond acceptors (Lipinski definition) is 3. The third kappa shape index (κ3) is 3.68. The SMILES string of the molecule is CCCNC(C)(CN1CCCC1CC)C(N)=O. The Bertz CT molecular complexity index is 257. The van der Waals surface area contributed by atoms with Crippen LogP contribution in [0.15, 0.2) is 0 Å². The summed E-state index contributed by atoms with van der Waals surface area (Å²) in [5.74, 6) is -0.243. The summed E-state index contributed by atoms with van der Waals surface area (Å²) in [5.41, 5.74) is 4.96. The minimum absolute atomic E-state index is 0.243. The molecule has 1 aliphatic rings. The van der Waals surface area contributed by atoms with Crippen molar-refractivity contribution < 1.29 is 4.79 Å². The molecule has 3 N–H and O–H groups in total. The van der Waals surface area contributed by atoms with Crippen molar-refractivity contribution in [2.45, 2.75) is 58.0 Å². The molecule has 2 atom stereocenters. The van der Waals surface area contributed by atoms with Crippen LogP contribution in [0.2, 0.25) is 0 Å². The van der Waals surface area contributed by atoms with E-state index in [4.69, 9.17) is 5.73 Å². The van der Waals surface area contributed by atoms with Gasteiger partial charge in [0.2, 0.25) is 5.91 Å². The zero-order chi connectivity index (χ0) is 12.9. The summed E-state index contributed by atoms with van der Waals surface area (Å²) in [6, 6.07) is 0.622. The number of hydrogen-bond donors (Lipinski definition) is 2. The number of likely N-dealkylation sites (tertiary alicyclic amines) is 1. The number of rotatable bonds is 7. The zero-order valence-corrected chi connectivity index (χ0v) is 11.5. The molecule has 0 spiro atoms. The van der Waals surface area contributed by atoms with Crippen LogP contribution in [0.4, 0.5) is 0 Å². The van der Waals surface area contributed by atoms with Gasteiger partial charge in [0.25, 0.3) is 0 Å². The number of amides is 1. The lowest BCUT2D eigenvalue weighted by Gasteiger charge is -2.34. The van der Waals surface area contributed by atoms with Crippen LogP contribution in [0.3, 0.4) is 0 Å². The monoisotopic (exact) mass is 241 g/mol. The highest BCUT2D eigenvalue weighted by molar-refractivity contribution is 5.84. The minimum Gasteiger partial charge on any atom is -0.368 e. The van der Waals surface area contributed by atoms with Crippen molar-refractivity contribution in [1.82, 2.24) is 10.2 Å². The smallest absolute Gasteiger partial charge is 0.238 e. The van der Waals surface area contributed by atoms with Crippen LogP contribution in [0.5, 0.6) is 0 Å². The van der Waals surface area contributed by atoms with E-state index in [2.05, 4.69) is 24.1 Å². The van der Waals surface area contributed by atoms with Crippen LogP contribution in [0.1, 0.15) is 46.5 Å². The van der Waals surface area contributed by atoms with Gasteiger partial charge in [-0.05, 0) is 45.7 Å². The molecule has 4 nitrogen and oxygen atoms in total. The molecule has 0 saturated carbocycles. The minimum atomic E-state index is -0.590. The summed E-state index contributed by atoms with van der Waals surface area (Å²) in [6.07, 6.45) is 4.66. The topological polar surface area (TPSA) is 58.4 Å². The fraction of sp³-hybridized carbons (Fsp3) is 0.923. The van der Waals surface area contributed by atoms with Gasteiger partial charge in [-0.3, -0.25) is 9.69 Å². The van der Waals surface area contributed by atoms with Crippen molar-refractivity contribution in [1.29, 1.82) is 0 Å². The Hall–Kier alpha value is -0.610. The van der Waals surface area contributed by atoms with E-state index in [1.54, 1.807) is 0 Å². The van der Waals surface area contributed by atoms with E-state index in [0.29, 0.717) is 6.04 Å². The van der Waals surface area contributed by atoms with E-state index < -0.39 is 5.54 Å². The van der Waals surface area contributed by atoms with Crippen molar-refractivity contribution in [3.63, 3.8) is 0 Å². The van der Waals surface area contributed by atoms with Crippen LogP contribution in [0, 0.1) is 0 Å². The Balaban J connectivity index is 2.62. The largest absolute Gasteiger partial charge is 0.368 e. The Morgan fingerprint density at radius 3 is 2.76 bits per heavy atom. The first kappa shape index (κ1) is 14.5. The molecule has 0 aromatic carbocycles. The number of nitrogens with two attached hydrogens (primary N) is 1. The Morgan fingerprint density at radius 2 is 2.24 bits per heavy atom. The van der Waals surface area contributed by atoms with E-state index in [1.807, 2.05) is 6.92 Å². The Kier molecular flexibility index (Phi) is 5.40. The van der Waals surface area contributed by atoms with Gasteiger partial charge in [-0.2, -0.15) is 0 Å². The molecule has 0 bridgehead atoms. The fourth-order valence-electron chi connectivity index (χ4n) is 2.59. The number of nitrogens with zero attached hydrogens (tertiary/aromatic N) is 1. The number of carbonyl (C=O) groups is 1. The maximum atomic E-state index is 11.6. The van der Waals surface area contributed by atoms with E-state index in [0.717, 1.165) is 32.5 Å². The summed E-state index contributed by atoms with van der Waals surface area (Å²) < 4.78 is 0. The molecule has 100 valence electrons. The third-order valence-electron chi connectivity index (χ3n) is 3.80.